The van der Waals surface area contributed by atoms with E-state index >= 15 is 0 Å². The maximum Gasteiger partial charge on any atom is 0.253 e. The Bertz CT molecular complexity index is 961. The van der Waals surface area contributed by atoms with Gasteiger partial charge < -0.3 is 15.1 Å². The van der Waals surface area contributed by atoms with Crippen LogP contribution in [0.3, 0.4) is 0 Å². The number of rotatable bonds is 5. The molecule has 0 spiro atoms. The number of carbonyl (C=O) groups is 3. The summed E-state index contributed by atoms with van der Waals surface area (Å²) in [5, 5.41) is 3.03. The number of aryl methyl sites for hydroxylation is 1. The van der Waals surface area contributed by atoms with Crippen LogP contribution in [0.1, 0.15) is 52.0 Å². The van der Waals surface area contributed by atoms with Gasteiger partial charge in [0.25, 0.3) is 11.8 Å². The van der Waals surface area contributed by atoms with Gasteiger partial charge in [-0.1, -0.05) is 35.9 Å². The first-order valence-electron chi connectivity index (χ1n) is 11.5. The molecule has 0 unspecified atom stereocenters. The van der Waals surface area contributed by atoms with Crippen LogP contribution in [0.15, 0.2) is 54.6 Å². The van der Waals surface area contributed by atoms with Gasteiger partial charge in [0.2, 0.25) is 5.91 Å². The molecule has 2 saturated heterocycles. The lowest BCUT2D eigenvalue weighted by Gasteiger charge is -2.37. The summed E-state index contributed by atoms with van der Waals surface area (Å²) in [5.74, 6) is -0.170. The first-order valence-corrected chi connectivity index (χ1v) is 11.5. The van der Waals surface area contributed by atoms with Crippen molar-refractivity contribution in [3.63, 3.8) is 0 Å². The number of hydrogen-bond donors (Lipinski definition) is 1. The van der Waals surface area contributed by atoms with Crippen molar-refractivity contribution in [1.82, 2.24) is 15.1 Å². The van der Waals surface area contributed by atoms with Crippen molar-refractivity contribution >= 4 is 17.7 Å². The van der Waals surface area contributed by atoms with Crippen LogP contribution in [0.2, 0.25) is 0 Å². The van der Waals surface area contributed by atoms with E-state index in [1.165, 1.54) is 0 Å². The summed E-state index contributed by atoms with van der Waals surface area (Å²) in [7, 11) is 0. The van der Waals surface area contributed by atoms with Gasteiger partial charge in [0.1, 0.15) is 6.04 Å². The smallest absolute Gasteiger partial charge is 0.253 e. The molecule has 6 nitrogen and oxygen atoms in total. The third-order valence-electron chi connectivity index (χ3n) is 6.57. The van der Waals surface area contributed by atoms with E-state index < -0.39 is 6.04 Å². The van der Waals surface area contributed by atoms with Crippen LogP contribution in [0, 0.1) is 12.8 Å². The van der Waals surface area contributed by atoms with Crippen LogP contribution in [-0.4, -0.2) is 59.7 Å². The average molecular weight is 434 g/mol. The largest absolute Gasteiger partial charge is 0.341 e. The highest BCUT2D eigenvalue weighted by Gasteiger charge is 2.37. The van der Waals surface area contributed by atoms with Gasteiger partial charge in [-0.25, -0.2) is 0 Å². The van der Waals surface area contributed by atoms with E-state index in [0.29, 0.717) is 37.1 Å². The van der Waals surface area contributed by atoms with Crippen molar-refractivity contribution in [2.45, 2.75) is 38.6 Å². The Morgan fingerprint density at radius 2 is 1.50 bits per heavy atom. The van der Waals surface area contributed by atoms with E-state index in [9.17, 15) is 14.4 Å². The number of benzene rings is 2. The molecular formula is C26H31N3O3. The molecule has 32 heavy (non-hydrogen) atoms. The molecule has 168 valence electrons. The summed E-state index contributed by atoms with van der Waals surface area (Å²) in [6.45, 7) is 4.65. The monoisotopic (exact) mass is 433 g/mol. The molecule has 2 fully saturated rings. The minimum Gasteiger partial charge on any atom is -0.341 e. The number of hydrogen-bond acceptors (Lipinski definition) is 3. The number of likely N-dealkylation sites (tertiary alicyclic amines) is 2. The summed E-state index contributed by atoms with van der Waals surface area (Å²) in [6.07, 6.45) is 3.40. The molecule has 2 heterocycles. The van der Waals surface area contributed by atoms with Gasteiger partial charge >= 0.3 is 0 Å². The quantitative estimate of drug-likeness (QED) is 0.787. The average Bonchev–Trinajstić information content (AvgIpc) is 3.37. The highest BCUT2D eigenvalue weighted by Crippen LogP contribution is 2.25. The molecule has 0 aliphatic carbocycles. The van der Waals surface area contributed by atoms with Gasteiger partial charge in [-0.15, -0.1) is 0 Å². The molecule has 0 radical (unpaired) electrons. The predicted octanol–water partition coefficient (Wildman–Crippen LogP) is 3.27. The van der Waals surface area contributed by atoms with Crippen LogP contribution in [0.4, 0.5) is 0 Å². The molecule has 2 aliphatic heterocycles. The highest BCUT2D eigenvalue weighted by molar-refractivity contribution is 5.97. The van der Waals surface area contributed by atoms with Crippen molar-refractivity contribution < 1.29 is 14.4 Å². The van der Waals surface area contributed by atoms with Gasteiger partial charge in [0.05, 0.1) is 0 Å². The fourth-order valence-electron chi connectivity index (χ4n) is 4.73. The molecule has 2 aromatic carbocycles. The van der Waals surface area contributed by atoms with E-state index in [1.807, 2.05) is 59.2 Å². The van der Waals surface area contributed by atoms with E-state index in [2.05, 4.69) is 5.32 Å². The number of piperidine rings is 1. The van der Waals surface area contributed by atoms with E-state index in [4.69, 9.17) is 0 Å². The maximum absolute atomic E-state index is 13.3. The Kier molecular flexibility index (Phi) is 6.88. The second-order valence-electron chi connectivity index (χ2n) is 8.85. The molecule has 1 atom stereocenters. The first-order chi connectivity index (χ1) is 15.5. The predicted molar refractivity (Wildman–Crippen MR) is 123 cm³/mol. The standard InChI is InChI=1S/C26H31N3O3/c1-19-8-7-11-22(18-19)25(31)29-16-12-20(13-17-29)23(26(32)28-14-5-6-15-28)27-24(30)21-9-3-2-4-10-21/h2-4,7-11,18,20,23H,5-6,12-17H2,1H3,(H,27,30)/t23-/m0/s1. The molecule has 6 heteroatoms. The molecule has 0 saturated carbocycles. The summed E-state index contributed by atoms with van der Waals surface area (Å²) in [5.41, 5.74) is 2.31. The topological polar surface area (TPSA) is 69.7 Å². The Hall–Kier alpha value is -3.15. The van der Waals surface area contributed by atoms with Gasteiger partial charge in [0.15, 0.2) is 0 Å². The molecular weight excluding hydrogens is 402 g/mol. The minimum atomic E-state index is -0.558. The lowest BCUT2D eigenvalue weighted by atomic mass is 9.88. The molecule has 3 amide bonds. The summed E-state index contributed by atoms with van der Waals surface area (Å²) >= 11 is 0. The number of carbonyl (C=O) groups excluding carboxylic acids is 3. The molecule has 2 aliphatic rings. The van der Waals surface area contributed by atoms with Crippen LogP contribution in [-0.2, 0) is 4.79 Å². The number of amides is 3. The van der Waals surface area contributed by atoms with Gasteiger partial charge in [-0.05, 0) is 62.8 Å². The van der Waals surface area contributed by atoms with E-state index in [-0.39, 0.29) is 23.6 Å². The fraction of sp³-hybridized carbons (Fsp3) is 0.423. The third kappa shape index (κ3) is 5.01. The van der Waals surface area contributed by atoms with Gasteiger partial charge in [-0.2, -0.15) is 0 Å². The van der Waals surface area contributed by atoms with Crippen LogP contribution in [0.5, 0.6) is 0 Å². The van der Waals surface area contributed by atoms with Crippen LogP contribution in [0.25, 0.3) is 0 Å². The summed E-state index contributed by atoms with van der Waals surface area (Å²) < 4.78 is 0. The Labute approximate surface area is 189 Å². The molecule has 0 aromatic heterocycles. The third-order valence-corrected chi connectivity index (χ3v) is 6.57. The second kappa shape index (κ2) is 9.98. The van der Waals surface area contributed by atoms with E-state index in [1.54, 1.807) is 12.1 Å². The van der Waals surface area contributed by atoms with Gasteiger partial charge in [0, 0.05) is 37.3 Å². The fourth-order valence-corrected chi connectivity index (χ4v) is 4.73. The minimum absolute atomic E-state index is 0.00948. The molecule has 2 aromatic rings. The van der Waals surface area contributed by atoms with Crippen molar-refractivity contribution in [3.05, 3.63) is 71.3 Å². The second-order valence-corrected chi connectivity index (χ2v) is 8.85. The zero-order valence-electron chi connectivity index (χ0n) is 18.6. The molecule has 0 bridgehead atoms. The number of nitrogens with zero attached hydrogens (tertiary/aromatic N) is 2. The van der Waals surface area contributed by atoms with Crippen molar-refractivity contribution in [1.29, 1.82) is 0 Å². The lowest BCUT2D eigenvalue weighted by Crippen LogP contribution is -2.54. The van der Waals surface area contributed by atoms with Crippen LogP contribution >= 0.6 is 0 Å². The van der Waals surface area contributed by atoms with Crippen molar-refractivity contribution in [2.75, 3.05) is 26.2 Å². The first kappa shape index (κ1) is 22.1. The molecule has 1 N–H and O–H groups in total. The Morgan fingerprint density at radius 1 is 0.844 bits per heavy atom. The normalized spacial score (nSPS) is 17.8. The van der Waals surface area contributed by atoms with Crippen LogP contribution < -0.4 is 5.32 Å². The summed E-state index contributed by atoms with van der Waals surface area (Å²) in [6, 6.07) is 16.1. The Balaban J connectivity index is 1.45. The lowest BCUT2D eigenvalue weighted by molar-refractivity contribution is -0.134. The highest BCUT2D eigenvalue weighted by atomic mass is 16.2. The van der Waals surface area contributed by atoms with Crippen molar-refractivity contribution in [3.8, 4) is 0 Å². The zero-order valence-corrected chi connectivity index (χ0v) is 18.6. The van der Waals surface area contributed by atoms with E-state index in [0.717, 1.165) is 31.5 Å². The van der Waals surface area contributed by atoms with Crippen molar-refractivity contribution in [2.24, 2.45) is 5.92 Å². The summed E-state index contributed by atoms with van der Waals surface area (Å²) in [4.78, 5) is 42.8. The Morgan fingerprint density at radius 3 is 2.16 bits per heavy atom. The zero-order chi connectivity index (χ0) is 22.5. The molecule has 4 rings (SSSR count). The maximum atomic E-state index is 13.3. The number of nitrogens with one attached hydrogen (secondary N) is 1. The van der Waals surface area contributed by atoms with Gasteiger partial charge in [-0.3, -0.25) is 14.4 Å². The SMILES string of the molecule is Cc1cccc(C(=O)N2CCC([C@H](NC(=O)c3ccccc3)C(=O)N3CCCC3)CC2)c1.